The normalized spacial score (nSPS) is 30.1. The molecular weight excluding hydrogens is 204 g/mol. The van der Waals surface area contributed by atoms with E-state index in [4.69, 9.17) is 10.5 Å². The van der Waals surface area contributed by atoms with Crippen molar-refractivity contribution in [2.75, 3.05) is 13.2 Å². The van der Waals surface area contributed by atoms with Gasteiger partial charge in [-0.2, -0.15) is 0 Å². The Balaban J connectivity index is 1.59. The zero-order chi connectivity index (χ0) is 11.4. The summed E-state index contributed by atoms with van der Waals surface area (Å²) >= 11 is 0. The second-order valence-corrected chi connectivity index (χ2v) is 5.05. The van der Waals surface area contributed by atoms with Crippen LogP contribution in [0.25, 0.3) is 0 Å². The monoisotopic (exact) mass is 226 g/mol. The Morgan fingerprint density at radius 1 is 1.25 bits per heavy atom. The van der Waals surface area contributed by atoms with Crippen molar-refractivity contribution in [1.29, 1.82) is 0 Å². The molecule has 2 aliphatic rings. The third-order valence-corrected chi connectivity index (χ3v) is 3.47. The molecular formula is C12H22N2O2. The number of ether oxygens (including phenoxy) is 1. The van der Waals surface area contributed by atoms with Crippen molar-refractivity contribution in [2.24, 2.45) is 11.7 Å². The number of carbonyl (C=O) groups excluding carboxylic acids is 1. The van der Waals surface area contributed by atoms with Crippen molar-refractivity contribution >= 4 is 5.91 Å². The van der Waals surface area contributed by atoms with Crippen molar-refractivity contribution < 1.29 is 9.53 Å². The van der Waals surface area contributed by atoms with Gasteiger partial charge in [-0.25, -0.2) is 0 Å². The van der Waals surface area contributed by atoms with Crippen LogP contribution < -0.4 is 11.1 Å². The summed E-state index contributed by atoms with van der Waals surface area (Å²) in [7, 11) is 0. The van der Waals surface area contributed by atoms with E-state index in [1.165, 1.54) is 25.7 Å². The number of amides is 1. The SMILES string of the molecule is NC1CCCCC1OCC(=O)NCC1CC1. The zero-order valence-electron chi connectivity index (χ0n) is 9.78. The first-order valence-electron chi connectivity index (χ1n) is 6.39. The molecule has 16 heavy (non-hydrogen) atoms. The molecule has 2 saturated carbocycles. The summed E-state index contributed by atoms with van der Waals surface area (Å²) in [5, 5.41) is 2.89. The van der Waals surface area contributed by atoms with Crippen LogP contribution in [0, 0.1) is 5.92 Å². The van der Waals surface area contributed by atoms with Crippen LogP contribution in [0.15, 0.2) is 0 Å². The van der Waals surface area contributed by atoms with Gasteiger partial charge in [-0.3, -0.25) is 4.79 Å². The average molecular weight is 226 g/mol. The quantitative estimate of drug-likeness (QED) is 0.728. The molecule has 2 unspecified atom stereocenters. The summed E-state index contributed by atoms with van der Waals surface area (Å²) in [4.78, 5) is 11.4. The number of nitrogens with two attached hydrogens (primary N) is 1. The summed E-state index contributed by atoms with van der Waals surface area (Å²) in [6.45, 7) is 0.990. The highest BCUT2D eigenvalue weighted by Crippen LogP contribution is 2.27. The molecule has 0 radical (unpaired) electrons. The number of hydrogen-bond donors (Lipinski definition) is 2. The first-order valence-corrected chi connectivity index (χ1v) is 6.39. The average Bonchev–Trinajstić information content (AvgIpc) is 3.09. The lowest BCUT2D eigenvalue weighted by molar-refractivity contribution is -0.128. The predicted octanol–water partition coefficient (Wildman–Crippen LogP) is 0.799. The van der Waals surface area contributed by atoms with E-state index in [1.54, 1.807) is 0 Å². The fourth-order valence-corrected chi connectivity index (χ4v) is 2.15. The molecule has 4 heteroatoms. The van der Waals surface area contributed by atoms with Crippen molar-refractivity contribution in [2.45, 2.75) is 50.7 Å². The summed E-state index contributed by atoms with van der Waals surface area (Å²) in [5.74, 6) is 0.727. The molecule has 0 heterocycles. The molecule has 2 aliphatic carbocycles. The molecule has 0 aromatic rings. The summed E-state index contributed by atoms with van der Waals surface area (Å²) in [6.07, 6.45) is 6.98. The van der Waals surface area contributed by atoms with E-state index in [1.807, 2.05) is 0 Å². The van der Waals surface area contributed by atoms with Crippen LogP contribution in [0.1, 0.15) is 38.5 Å². The van der Waals surface area contributed by atoms with E-state index in [9.17, 15) is 4.79 Å². The van der Waals surface area contributed by atoms with Crippen LogP contribution in [-0.4, -0.2) is 31.2 Å². The molecule has 0 saturated heterocycles. The molecule has 0 aliphatic heterocycles. The predicted molar refractivity (Wildman–Crippen MR) is 61.9 cm³/mol. The second-order valence-electron chi connectivity index (χ2n) is 5.05. The zero-order valence-corrected chi connectivity index (χ0v) is 9.78. The minimum atomic E-state index is 0.00433. The molecule has 2 fully saturated rings. The number of rotatable bonds is 5. The minimum Gasteiger partial charge on any atom is -0.367 e. The molecule has 3 N–H and O–H groups in total. The van der Waals surface area contributed by atoms with Gasteiger partial charge in [0.05, 0.1) is 6.10 Å². The number of hydrogen-bond acceptors (Lipinski definition) is 3. The van der Waals surface area contributed by atoms with Gasteiger partial charge in [0.2, 0.25) is 5.91 Å². The lowest BCUT2D eigenvalue weighted by Crippen LogP contribution is -2.41. The molecule has 2 atom stereocenters. The van der Waals surface area contributed by atoms with E-state index >= 15 is 0 Å². The van der Waals surface area contributed by atoms with Crippen LogP contribution in [0.3, 0.4) is 0 Å². The summed E-state index contributed by atoms with van der Waals surface area (Å²) < 4.78 is 5.57. The van der Waals surface area contributed by atoms with Gasteiger partial charge in [-0.15, -0.1) is 0 Å². The lowest BCUT2D eigenvalue weighted by Gasteiger charge is -2.28. The van der Waals surface area contributed by atoms with Crippen molar-refractivity contribution in [3.05, 3.63) is 0 Å². The Morgan fingerprint density at radius 3 is 2.69 bits per heavy atom. The number of carbonyl (C=O) groups is 1. The number of nitrogens with one attached hydrogen (secondary N) is 1. The van der Waals surface area contributed by atoms with Crippen LogP contribution in [0.4, 0.5) is 0 Å². The Kier molecular flexibility index (Phi) is 4.18. The van der Waals surface area contributed by atoms with Gasteiger partial charge in [0.25, 0.3) is 0 Å². The van der Waals surface area contributed by atoms with Gasteiger partial charge in [-0.05, 0) is 31.6 Å². The first kappa shape index (κ1) is 11.9. The van der Waals surface area contributed by atoms with Crippen LogP contribution in [0.2, 0.25) is 0 Å². The molecule has 0 aromatic carbocycles. The topological polar surface area (TPSA) is 64.3 Å². The first-order chi connectivity index (χ1) is 7.75. The summed E-state index contributed by atoms with van der Waals surface area (Å²) in [6, 6.07) is 0.116. The standard InChI is InChI=1S/C12H22N2O2/c13-10-3-1-2-4-11(10)16-8-12(15)14-7-9-5-6-9/h9-11H,1-8,13H2,(H,14,15). The van der Waals surface area contributed by atoms with Gasteiger partial charge in [0, 0.05) is 12.6 Å². The Bertz CT molecular complexity index is 241. The van der Waals surface area contributed by atoms with Crippen LogP contribution >= 0.6 is 0 Å². The Labute approximate surface area is 96.9 Å². The van der Waals surface area contributed by atoms with Crippen molar-refractivity contribution in [3.63, 3.8) is 0 Å². The second kappa shape index (κ2) is 5.64. The fraction of sp³-hybridized carbons (Fsp3) is 0.917. The Morgan fingerprint density at radius 2 is 2.00 bits per heavy atom. The molecule has 1 amide bonds. The largest absolute Gasteiger partial charge is 0.367 e. The summed E-state index contributed by atoms with van der Waals surface area (Å²) in [5.41, 5.74) is 5.94. The van der Waals surface area contributed by atoms with Gasteiger partial charge < -0.3 is 15.8 Å². The van der Waals surface area contributed by atoms with Crippen LogP contribution in [0.5, 0.6) is 0 Å². The third kappa shape index (κ3) is 3.76. The molecule has 0 bridgehead atoms. The Hall–Kier alpha value is -0.610. The highest BCUT2D eigenvalue weighted by atomic mass is 16.5. The molecule has 92 valence electrons. The van der Waals surface area contributed by atoms with E-state index in [-0.39, 0.29) is 24.7 Å². The molecule has 0 spiro atoms. The van der Waals surface area contributed by atoms with E-state index < -0.39 is 0 Å². The van der Waals surface area contributed by atoms with Gasteiger partial charge in [-0.1, -0.05) is 12.8 Å². The van der Waals surface area contributed by atoms with E-state index in [2.05, 4.69) is 5.32 Å². The molecule has 4 nitrogen and oxygen atoms in total. The van der Waals surface area contributed by atoms with Gasteiger partial charge in [0.1, 0.15) is 6.61 Å². The smallest absolute Gasteiger partial charge is 0.246 e. The highest BCUT2D eigenvalue weighted by Gasteiger charge is 2.24. The van der Waals surface area contributed by atoms with Crippen LogP contribution in [-0.2, 0) is 9.53 Å². The van der Waals surface area contributed by atoms with Gasteiger partial charge in [0.15, 0.2) is 0 Å². The van der Waals surface area contributed by atoms with Crippen molar-refractivity contribution in [1.82, 2.24) is 5.32 Å². The third-order valence-electron chi connectivity index (χ3n) is 3.47. The maximum atomic E-state index is 11.4. The molecule has 2 rings (SSSR count). The van der Waals surface area contributed by atoms with E-state index in [0.717, 1.165) is 25.3 Å². The maximum Gasteiger partial charge on any atom is 0.246 e. The fourth-order valence-electron chi connectivity index (χ4n) is 2.15. The van der Waals surface area contributed by atoms with Crippen molar-refractivity contribution in [3.8, 4) is 0 Å². The van der Waals surface area contributed by atoms with E-state index in [0.29, 0.717) is 0 Å². The maximum absolute atomic E-state index is 11.4. The molecule has 0 aromatic heterocycles. The van der Waals surface area contributed by atoms with Gasteiger partial charge >= 0.3 is 0 Å². The minimum absolute atomic E-state index is 0.00433. The highest BCUT2D eigenvalue weighted by molar-refractivity contribution is 5.77. The lowest BCUT2D eigenvalue weighted by atomic mass is 9.93.